The molecular formula is C10H19ClN2O2. The second kappa shape index (κ2) is 8.53. The van der Waals surface area contributed by atoms with Crippen molar-refractivity contribution in [2.24, 2.45) is 0 Å². The maximum atomic E-state index is 11.6. The SMILES string of the molecule is CCCN(CCC)C(=O)NC(=O)CCCl. The summed E-state index contributed by atoms with van der Waals surface area (Å²) in [6.45, 7) is 5.34. The first-order valence-electron chi connectivity index (χ1n) is 5.30. The monoisotopic (exact) mass is 234 g/mol. The first-order chi connectivity index (χ1) is 7.15. The van der Waals surface area contributed by atoms with Gasteiger partial charge in [0.1, 0.15) is 0 Å². The molecule has 0 aliphatic carbocycles. The maximum Gasteiger partial charge on any atom is 0.324 e. The zero-order valence-electron chi connectivity index (χ0n) is 9.38. The average Bonchev–Trinajstić information content (AvgIpc) is 2.17. The Balaban J connectivity index is 4.06. The van der Waals surface area contributed by atoms with Crippen LogP contribution in [-0.2, 0) is 4.79 Å². The van der Waals surface area contributed by atoms with Crippen molar-refractivity contribution in [1.29, 1.82) is 0 Å². The van der Waals surface area contributed by atoms with Crippen LogP contribution >= 0.6 is 11.6 Å². The fourth-order valence-electron chi connectivity index (χ4n) is 1.20. The quantitative estimate of drug-likeness (QED) is 0.715. The number of carbonyl (C=O) groups excluding carboxylic acids is 2. The van der Waals surface area contributed by atoms with Gasteiger partial charge in [-0.05, 0) is 12.8 Å². The third-order valence-corrected chi connectivity index (χ3v) is 2.03. The molecule has 88 valence electrons. The van der Waals surface area contributed by atoms with Crippen LogP contribution in [0.1, 0.15) is 33.1 Å². The van der Waals surface area contributed by atoms with E-state index in [1.807, 2.05) is 13.8 Å². The molecule has 0 radical (unpaired) electrons. The topological polar surface area (TPSA) is 49.4 Å². The van der Waals surface area contributed by atoms with Crippen molar-refractivity contribution in [3.63, 3.8) is 0 Å². The normalized spacial score (nSPS) is 9.80. The van der Waals surface area contributed by atoms with Crippen LogP contribution in [0.2, 0.25) is 0 Å². The van der Waals surface area contributed by atoms with Crippen LogP contribution in [0.4, 0.5) is 4.79 Å². The summed E-state index contributed by atoms with van der Waals surface area (Å²) in [4.78, 5) is 24.3. The summed E-state index contributed by atoms with van der Waals surface area (Å²) in [6.07, 6.45) is 1.95. The van der Waals surface area contributed by atoms with Gasteiger partial charge in [0, 0.05) is 25.4 Å². The summed E-state index contributed by atoms with van der Waals surface area (Å²) in [7, 11) is 0. The van der Waals surface area contributed by atoms with Gasteiger partial charge in [-0.2, -0.15) is 0 Å². The molecule has 0 saturated carbocycles. The molecule has 0 fully saturated rings. The number of urea groups is 1. The Morgan fingerprint density at radius 2 is 1.73 bits per heavy atom. The Bertz CT molecular complexity index is 204. The summed E-state index contributed by atoms with van der Waals surface area (Å²) in [5, 5.41) is 2.31. The molecule has 1 N–H and O–H groups in total. The molecule has 0 aromatic heterocycles. The van der Waals surface area contributed by atoms with Gasteiger partial charge in [-0.15, -0.1) is 11.6 Å². The largest absolute Gasteiger partial charge is 0.324 e. The van der Waals surface area contributed by atoms with Crippen molar-refractivity contribution in [2.45, 2.75) is 33.1 Å². The van der Waals surface area contributed by atoms with E-state index >= 15 is 0 Å². The van der Waals surface area contributed by atoms with Crippen LogP contribution in [-0.4, -0.2) is 35.8 Å². The van der Waals surface area contributed by atoms with Crippen LogP contribution in [0.15, 0.2) is 0 Å². The lowest BCUT2D eigenvalue weighted by atomic mass is 10.3. The number of halogens is 1. The molecule has 0 aliphatic heterocycles. The van der Waals surface area contributed by atoms with Crippen LogP contribution < -0.4 is 5.32 Å². The molecule has 0 heterocycles. The van der Waals surface area contributed by atoms with E-state index < -0.39 is 0 Å². The van der Waals surface area contributed by atoms with Crippen molar-refractivity contribution in [3.05, 3.63) is 0 Å². The number of alkyl halides is 1. The molecule has 0 spiro atoms. The fourth-order valence-corrected chi connectivity index (χ4v) is 1.37. The van der Waals surface area contributed by atoms with Gasteiger partial charge in [0.05, 0.1) is 0 Å². The highest BCUT2D eigenvalue weighted by Crippen LogP contribution is 1.95. The molecule has 0 saturated heterocycles. The number of amides is 3. The van der Waals surface area contributed by atoms with Crippen molar-refractivity contribution < 1.29 is 9.59 Å². The van der Waals surface area contributed by atoms with Gasteiger partial charge in [0.25, 0.3) is 0 Å². The molecule has 4 nitrogen and oxygen atoms in total. The summed E-state index contributed by atoms with van der Waals surface area (Å²) < 4.78 is 0. The summed E-state index contributed by atoms with van der Waals surface area (Å²) >= 11 is 5.40. The highest BCUT2D eigenvalue weighted by Gasteiger charge is 2.13. The van der Waals surface area contributed by atoms with Gasteiger partial charge in [-0.3, -0.25) is 10.1 Å². The van der Waals surface area contributed by atoms with Gasteiger partial charge in [0.15, 0.2) is 0 Å². The molecule has 0 aromatic carbocycles. The minimum absolute atomic E-state index is 0.180. The zero-order chi connectivity index (χ0) is 11.7. The molecule has 15 heavy (non-hydrogen) atoms. The van der Waals surface area contributed by atoms with E-state index in [1.165, 1.54) is 0 Å². The van der Waals surface area contributed by atoms with Crippen LogP contribution in [0, 0.1) is 0 Å². The van der Waals surface area contributed by atoms with E-state index in [0.717, 1.165) is 12.8 Å². The smallest absolute Gasteiger partial charge is 0.324 e. The summed E-state index contributed by atoms with van der Waals surface area (Å²) in [5.74, 6) is -0.0760. The van der Waals surface area contributed by atoms with Crippen LogP contribution in [0.25, 0.3) is 0 Å². The maximum absolute atomic E-state index is 11.6. The number of nitrogens with one attached hydrogen (secondary N) is 1. The highest BCUT2D eigenvalue weighted by atomic mass is 35.5. The third-order valence-electron chi connectivity index (χ3n) is 1.84. The predicted octanol–water partition coefficient (Wildman–Crippen LogP) is 1.97. The summed E-state index contributed by atoms with van der Waals surface area (Å²) in [5.41, 5.74) is 0. The Morgan fingerprint density at radius 3 is 2.13 bits per heavy atom. The molecule has 0 bridgehead atoms. The van der Waals surface area contributed by atoms with Crippen LogP contribution in [0.3, 0.4) is 0 Å². The van der Waals surface area contributed by atoms with Crippen molar-refractivity contribution in [2.75, 3.05) is 19.0 Å². The first-order valence-corrected chi connectivity index (χ1v) is 5.83. The lowest BCUT2D eigenvalue weighted by Crippen LogP contribution is -2.43. The standard InChI is InChI=1S/C10H19ClN2O2/c1-3-7-13(8-4-2)10(15)12-9(14)5-6-11/h3-8H2,1-2H3,(H,12,14,15). The van der Waals surface area contributed by atoms with E-state index in [9.17, 15) is 9.59 Å². The van der Waals surface area contributed by atoms with E-state index in [-0.39, 0.29) is 24.2 Å². The average molecular weight is 235 g/mol. The Labute approximate surface area is 96.0 Å². The number of hydrogen-bond acceptors (Lipinski definition) is 2. The molecule has 3 amide bonds. The lowest BCUT2D eigenvalue weighted by molar-refractivity contribution is -0.119. The molecule has 0 rings (SSSR count). The number of carbonyl (C=O) groups is 2. The molecule has 0 unspecified atom stereocenters. The van der Waals surface area contributed by atoms with E-state index in [1.54, 1.807) is 4.90 Å². The minimum atomic E-state index is -0.313. The fraction of sp³-hybridized carbons (Fsp3) is 0.800. The van der Waals surface area contributed by atoms with Crippen molar-refractivity contribution in [1.82, 2.24) is 10.2 Å². The van der Waals surface area contributed by atoms with Gasteiger partial charge in [-0.1, -0.05) is 13.8 Å². The van der Waals surface area contributed by atoms with Gasteiger partial charge >= 0.3 is 6.03 Å². The molecule has 0 atom stereocenters. The second-order valence-electron chi connectivity index (χ2n) is 3.28. The Morgan fingerprint density at radius 1 is 1.20 bits per heavy atom. The Kier molecular flexibility index (Phi) is 8.09. The predicted molar refractivity (Wildman–Crippen MR) is 61.0 cm³/mol. The molecule has 5 heteroatoms. The first kappa shape index (κ1) is 14.2. The van der Waals surface area contributed by atoms with Gasteiger partial charge in [-0.25, -0.2) is 4.79 Å². The second-order valence-corrected chi connectivity index (χ2v) is 3.66. The lowest BCUT2D eigenvalue weighted by Gasteiger charge is -2.21. The van der Waals surface area contributed by atoms with E-state index in [2.05, 4.69) is 5.32 Å². The number of hydrogen-bond donors (Lipinski definition) is 1. The Hall–Kier alpha value is -0.770. The van der Waals surface area contributed by atoms with Crippen molar-refractivity contribution >= 4 is 23.5 Å². The third kappa shape index (κ3) is 6.33. The summed E-state index contributed by atoms with van der Waals surface area (Å²) in [6, 6.07) is -0.311. The number of rotatable bonds is 6. The van der Waals surface area contributed by atoms with E-state index in [0.29, 0.717) is 13.1 Å². The highest BCUT2D eigenvalue weighted by molar-refractivity contribution is 6.19. The van der Waals surface area contributed by atoms with Gasteiger partial charge in [0.2, 0.25) is 5.91 Å². The zero-order valence-corrected chi connectivity index (χ0v) is 10.1. The van der Waals surface area contributed by atoms with E-state index in [4.69, 9.17) is 11.6 Å². The molecular weight excluding hydrogens is 216 g/mol. The van der Waals surface area contributed by atoms with Crippen LogP contribution in [0.5, 0.6) is 0 Å². The number of imide groups is 1. The minimum Gasteiger partial charge on any atom is -0.324 e. The number of nitrogens with zero attached hydrogens (tertiary/aromatic N) is 1. The molecule has 0 aliphatic rings. The van der Waals surface area contributed by atoms with Gasteiger partial charge < -0.3 is 4.90 Å². The van der Waals surface area contributed by atoms with Crippen molar-refractivity contribution in [3.8, 4) is 0 Å². The molecule has 0 aromatic rings.